The summed E-state index contributed by atoms with van der Waals surface area (Å²) in [7, 11) is 1.59. The molecule has 186 valence electrons. The average Bonchev–Trinajstić information content (AvgIpc) is 3.15. The van der Waals surface area contributed by atoms with Crippen LogP contribution in [-0.4, -0.2) is 34.1 Å². The van der Waals surface area contributed by atoms with Crippen LogP contribution in [0.3, 0.4) is 0 Å². The van der Waals surface area contributed by atoms with Gasteiger partial charge in [-0.1, -0.05) is 48.0 Å². The molecule has 7 heteroatoms. The normalized spacial score (nSPS) is 11.6. The lowest BCUT2D eigenvalue weighted by atomic mass is 10.0. The van der Waals surface area contributed by atoms with E-state index in [1.54, 1.807) is 31.4 Å². The highest BCUT2D eigenvalue weighted by Gasteiger charge is 2.28. The number of halogens is 1. The van der Waals surface area contributed by atoms with Crippen LogP contribution in [0.25, 0.3) is 10.9 Å². The Labute approximate surface area is 215 Å². The molecule has 36 heavy (non-hydrogen) atoms. The predicted octanol–water partition coefficient (Wildman–Crippen LogP) is 6.27. The summed E-state index contributed by atoms with van der Waals surface area (Å²) >= 11 is 6.63. The molecule has 0 bridgehead atoms. The second-order valence-electron chi connectivity index (χ2n) is 9.16. The van der Waals surface area contributed by atoms with E-state index in [1.807, 2.05) is 49.4 Å². The van der Waals surface area contributed by atoms with Gasteiger partial charge in [-0.15, -0.1) is 0 Å². The Morgan fingerprint density at radius 2 is 1.61 bits per heavy atom. The summed E-state index contributed by atoms with van der Waals surface area (Å²) in [6.45, 7) is 5.70. The fourth-order valence-corrected chi connectivity index (χ4v) is 4.39. The summed E-state index contributed by atoms with van der Waals surface area (Å²) in [5.74, 6) is -0.394. The number of ketones is 1. The number of methoxy groups -OCH3 is 1. The van der Waals surface area contributed by atoms with Crippen LogP contribution < -0.4 is 4.74 Å². The van der Waals surface area contributed by atoms with Gasteiger partial charge >= 0.3 is 5.97 Å². The van der Waals surface area contributed by atoms with E-state index in [2.05, 4.69) is 4.57 Å². The largest absolute Gasteiger partial charge is 0.497 e. The molecule has 0 aliphatic rings. The number of aliphatic carboxylic acids is 1. The molecule has 0 saturated carbocycles. The van der Waals surface area contributed by atoms with Crippen LogP contribution in [0.2, 0.25) is 5.02 Å². The zero-order valence-corrected chi connectivity index (χ0v) is 21.4. The minimum absolute atomic E-state index is 0.0743. The van der Waals surface area contributed by atoms with Gasteiger partial charge in [0.15, 0.2) is 11.4 Å². The third-order valence-electron chi connectivity index (χ3n) is 6.35. The van der Waals surface area contributed by atoms with Crippen LogP contribution in [0.1, 0.15) is 46.6 Å². The number of benzene rings is 3. The van der Waals surface area contributed by atoms with E-state index in [-0.39, 0.29) is 12.4 Å². The first-order chi connectivity index (χ1) is 17.1. The molecular weight excluding hydrogens is 478 g/mol. The number of carboxylic acid groups (broad SMARTS) is 1. The maximum atomic E-state index is 13.6. The van der Waals surface area contributed by atoms with Crippen LogP contribution >= 0.6 is 11.6 Å². The minimum Gasteiger partial charge on any atom is -0.497 e. The van der Waals surface area contributed by atoms with Crippen molar-refractivity contribution in [1.82, 2.24) is 4.57 Å². The van der Waals surface area contributed by atoms with Crippen LogP contribution in [0.15, 0.2) is 66.7 Å². The van der Waals surface area contributed by atoms with Gasteiger partial charge in [-0.25, -0.2) is 4.79 Å². The van der Waals surface area contributed by atoms with Crippen molar-refractivity contribution in [3.8, 4) is 5.75 Å². The summed E-state index contributed by atoms with van der Waals surface area (Å²) in [5, 5.41) is 10.6. The Bertz CT molecular complexity index is 1420. The Hall–Kier alpha value is -3.61. The molecule has 4 aromatic rings. The molecule has 3 aromatic carbocycles. The standard InChI is InChI=1S/C29H28ClNO5/c1-18-25(27(32)21-12-14-22(35-4)15-13-21)23-6-5-7-24(30)26(23)31(18)16-19-8-10-20(11-9-19)17-36-29(2,3)28(33)34/h5-15H,16-17H2,1-4H3,(H,33,34). The quantitative estimate of drug-likeness (QED) is 0.271. The molecule has 0 spiro atoms. The van der Waals surface area contributed by atoms with Gasteiger partial charge in [0, 0.05) is 23.2 Å². The van der Waals surface area contributed by atoms with Gasteiger partial charge in [-0.05, 0) is 62.2 Å². The van der Waals surface area contributed by atoms with E-state index in [0.717, 1.165) is 27.7 Å². The second-order valence-corrected chi connectivity index (χ2v) is 9.57. The van der Waals surface area contributed by atoms with E-state index in [4.69, 9.17) is 21.1 Å². The zero-order chi connectivity index (χ0) is 26.0. The maximum Gasteiger partial charge on any atom is 0.335 e. The first-order valence-corrected chi connectivity index (χ1v) is 11.9. The lowest BCUT2D eigenvalue weighted by Gasteiger charge is -2.20. The highest BCUT2D eigenvalue weighted by atomic mass is 35.5. The Balaban J connectivity index is 1.65. The number of nitrogens with zero attached hydrogens (tertiary/aromatic N) is 1. The summed E-state index contributed by atoms with van der Waals surface area (Å²) in [6.07, 6.45) is 0. The molecule has 0 fully saturated rings. The van der Waals surface area contributed by atoms with Gasteiger partial charge in [0.2, 0.25) is 0 Å². The van der Waals surface area contributed by atoms with Gasteiger partial charge in [-0.2, -0.15) is 0 Å². The van der Waals surface area contributed by atoms with Crippen LogP contribution in [0.4, 0.5) is 0 Å². The molecular formula is C29H28ClNO5. The first kappa shape index (κ1) is 25.5. The van der Waals surface area contributed by atoms with Crippen molar-refractivity contribution in [2.45, 2.75) is 39.5 Å². The molecule has 0 atom stereocenters. The highest BCUT2D eigenvalue weighted by molar-refractivity contribution is 6.36. The first-order valence-electron chi connectivity index (χ1n) is 11.5. The molecule has 1 N–H and O–H groups in total. The third-order valence-corrected chi connectivity index (χ3v) is 6.66. The van der Waals surface area contributed by atoms with E-state index in [0.29, 0.717) is 28.4 Å². The number of hydrogen-bond donors (Lipinski definition) is 1. The smallest absolute Gasteiger partial charge is 0.335 e. The number of fused-ring (bicyclic) bond motifs is 1. The Morgan fingerprint density at radius 3 is 2.22 bits per heavy atom. The lowest BCUT2D eigenvalue weighted by molar-refractivity contribution is -0.162. The van der Waals surface area contributed by atoms with Crippen molar-refractivity contribution < 1.29 is 24.2 Å². The number of rotatable bonds is 9. The van der Waals surface area contributed by atoms with Crippen LogP contribution in [0, 0.1) is 6.92 Å². The molecule has 0 unspecified atom stereocenters. The fourth-order valence-electron chi connectivity index (χ4n) is 4.11. The molecule has 4 rings (SSSR count). The molecule has 1 heterocycles. The number of para-hydroxylation sites is 1. The number of aromatic nitrogens is 1. The summed E-state index contributed by atoms with van der Waals surface area (Å²) in [6, 6.07) is 20.5. The third kappa shape index (κ3) is 5.01. The van der Waals surface area contributed by atoms with Gasteiger partial charge in [-0.3, -0.25) is 4.79 Å². The van der Waals surface area contributed by atoms with Gasteiger partial charge in [0.05, 0.1) is 29.8 Å². The maximum absolute atomic E-state index is 13.6. The summed E-state index contributed by atoms with van der Waals surface area (Å²) in [4.78, 5) is 24.8. The van der Waals surface area contributed by atoms with E-state index in [1.165, 1.54) is 13.8 Å². The van der Waals surface area contributed by atoms with Crippen LogP contribution in [0.5, 0.6) is 5.75 Å². The predicted molar refractivity (Wildman–Crippen MR) is 140 cm³/mol. The molecule has 0 saturated heterocycles. The monoisotopic (exact) mass is 505 g/mol. The number of hydrogen-bond acceptors (Lipinski definition) is 4. The number of ether oxygens (including phenoxy) is 2. The average molecular weight is 506 g/mol. The van der Waals surface area contributed by atoms with Gasteiger partial charge < -0.3 is 19.1 Å². The van der Waals surface area contributed by atoms with Crippen LogP contribution in [-0.2, 0) is 22.7 Å². The van der Waals surface area contributed by atoms with Gasteiger partial charge in [0.25, 0.3) is 0 Å². The van der Waals surface area contributed by atoms with E-state index in [9.17, 15) is 14.7 Å². The number of carbonyl (C=O) groups excluding carboxylic acids is 1. The Kier molecular flexibility index (Phi) is 7.20. The van der Waals surface area contributed by atoms with Gasteiger partial charge in [0.1, 0.15) is 5.75 Å². The minimum atomic E-state index is -1.26. The molecule has 1 aromatic heterocycles. The van der Waals surface area contributed by atoms with Crippen molar-refractivity contribution in [3.63, 3.8) is 0 Å². The summed E-state index contributed by atoms with van der Waals surface area (Å²) < 4.78 is 12.8. The lowest BCUT2D eigenvalue weighted by Crippen LogP contribution is -2.34. The molecule has 6 nitrogen and oxygen atoms in total. The van der Waals surface area contributed by atoms with E-state index >= 15 is 0 Å². The zero-order valence-electron chi connectivity index (χ0n) is 20.7. The van der Waals surface area contributed by atoms with Crippen molar-refractivity contribution in [1.29, 1.82) is 0 Å². The van der Waals surface area contributed by atoms with Crippen molar-refractivity contribution in [2.24, 2.45) is 0 Å². The Morgan fingerprint density at radius 1 is 0.972 bits per heavy atom. The second kappa shape index (κ2) is 10.2. The fraction of sp³-hybridized carbons (Fsp3) is 0.241. The number of carbonyl (C=O) groups is 2. The molecule has 0 radical (unpaired) electrons. The van der Waals surface area contributed by atoms with Crippen molar-refractivity contribution >= 4 is 34.3 Å². The topological polar surface area (TPSA) is 77.8 Å². The summed E-state index contributed by atoms with van der Waals surface area (Å²) in [5.41, 5.74) is 3.46. The molecule has 0 aliphatic heterocycles. The SMILES string of the molecule is COc1ccc(C(=O)c2c(C)n(Cc3ccc(COC(C)(C)C(=O)O)cc3)c3c(Cl)cccc23)cc1. The number of carboxylic acids is 1. The van der Waals surface area contributed by atoms with Crippen molar-refractivity contribution in [3.05, 3.63) is 99.7 Å². The van der Waals surface area contributed by atoms with E-state index < -0.39 is 11.6 Å². The molecule has 0 aliphatic carbocycles. The highest BCUT2D eigenvalue weighted by Crippen LogP contribution is 2.33. The molecule has 0 amide bonds. The van der Waals surface area contributed by atoms with Crippen molar-refractivity contribution in [2.75, 3.05) is 7.11 Å².